The molecule has 27 heavy (non-hydrogen) atoms. The molecule has 1 aliphatic rings. The summed E-state index contributed by atoms with van der Waals surface area (Å²) in [6.07, 6.45) is 3.77. The highest BCUT2D eigenvalue weighted by molar-refractivity contribution is 5.89. The number of hydrogen-bond acceptors (Lipinski definition) is 4. The number of amides is 2. The predicted molar refractivity (Wildman–Crippen MR) is 92.3 cm³/mol. The molecule has 1 atom stereocenters. The van der Waals surface area contributed by atoms with Crippen LogP contribution in [0.2, 0.25) is 0 Å². The molecule has 146 valence electrons. The lowest BCUT2D eigenvalue weighted by molar-refractivity contribution is -0.0521. The average molecular weight is 383 g/mol. The number of urea groups is 1. The van der Waals surface area contributed by atoms with E-state index in [1.165, 1.54) is 6.07 Å². The number of carbonyl (C=O) groups excluding carboxylic acids is 1. The van der Waals surface area contributed by atoms with Crippen molar-refractivity contribution in [1.29, 1.82) is 0 Å². The van der Waals surface area contributed by atoms with Gasteiger partial charge in [-0.15, -0.1) is 0 Å². The van der Waals surface area contributed by atoms with Crippen molar-refractivity contribution in [2.75, 3.05) is 25.0 Å². The summed E-state index contributed by atoms with van der Waals surface area (Å²) in [4.78, 5) is 14.4. The van der Waals surface area contributed by atoms with Crippen LogP contribution in [-0.2, 0) is 0 Å². The van der Waals surface area contributed by atoms with Gasteiger partial charge in [0.1, 0.15) is 5.76 Å². The Morgan fingerprint density at radius 2 is 2.04 bits per heavy atom. The first-order valence-electron chi connectivity index (χ1n) is 8.59. The van der Waals surface area contributed by atoms with E-state index in [-0.39, 0.29) is 11.7 Å². The van der Waals surface area contributed by atoms with Gasteiger partial charge in [0.2, 0.25) is 0 Å². The Kier molecular flexibility index (Phi) is 6.23. The fourth-order valence-electron chi connectivity index (χ4n) is 3.08. The van der Waals surface area contributed by atoms with Gasteiger partial charge >= 0.3 is 12.6 Å². The van der Waals surface area contributed by atoms with E-state index in [4.69, 9.17) is 4.42 Å². The first kappa shape index (κ1) is 19.1. The molecule has 2 N–H and O–H groups in total. The number of nitrogens with zero attached hydrogens (tertiary/aromatic N) is 1. The molecule has 0 bridgehead atoms. The minimum absolute atomic E-state index is 0.0909. The maximum atomic E-state index is 13.7. The standard InChI is InChI=1S/C18H20F3N3O3/c19-13-10-12(5-6-15(13)27-17(20)21)23-18(25)22-11-14(16-4-3-9-26-16)24-7-1-2-8-24/h3-6,9-10,14,17H,1-2,7-8,11H2,(H2,22,23,25). The summed E-state index contributed by atoms with van der Waals surface area (Å²) in [7, 11) is 0. The maximum Gasteiger partial charge on any atom is 0.387 e. The van der Waals surface area contributed by atoms with Crippen molar-refractivity contribution in [2.24, 2.45) is 0 Å². The molecule has 6 nitrogen and oxygen atoms in total. The number of furan rings is 1. The molecule has 1 saturated heterocycles. The van der Waals surface area contributed by atoms with Crippen LogP contribution in [0.4, 0.5) is 23.7 Å². The summed E-state index contributed by atoms with van der Waals surface area (Å²) >= 11 is 0. The molecule has 0 spiro atoms. The van der Waals surface area contributed by atoms with Crippen molar-refractivity contribution in [3.8, 4) is 5.75 Å². The summed E-state index contributed by atoms with van der Waals surface area (Å²) in [5.74, 6) is -0.807. The topological polar surface area (TPSA) is 66.7 Å². The lowest BCUT2D eigenvalue weighted by Crippen LogP contribution is -2.38. The highest BCUT2D eigenvalue weighted by atomic mass is 19.3. The van der Waals surface area contributed by atoms with Crippen LogP contribution in [0.15, 0.2) is 41.0 Å². The van der Waals surface area contributed by atoms with E-state index in [0.29, 0.717) is 6.54 Å². The van der Waals surface area contributed by atoms with Crippen LogP contribution in [0.25, 0.3) is 0 Å². The van der Waals surface area contributed by atoms with Gasteiger partial charge in [-0.2, -0.15) is 8.78 Å². The van der Waals surface area contributed by atoms with E-state index in [1.54, 1.807) is 12.3 Å². The first-order chi connectivity index (χ1) is 13.0. The van der Waals surface area contributed by atoms with Gasteiger partial charge < -0.3 is 19.8 Å². The fourth-order valence-corrected chi connectivity index (χ4v) is 3.08. The van der Waals surface area contributed by atoms with Gasteiger partial charge in [-0.05, 0) is 50.2 Å². The molecule has 9 heteroatoms. The second-order valence-electron chi connectivity index (χ2n) is 6.13. The van der Waals surface area contributed by atoms with Crippen LogP contribution in [-0.4, -0.2) is 37.2 Å². The number of likely N-dealkylation sites (tertiary alicyclic amines) is 1. The Morgan fingerprint density at radius 1 is 1.26 bits per heavy atom. The van der Waals surface area contributed by atoms with Crippen molar-refractivity contribution < 1.29 is 27.1 Å². The maximum absolute atomic E-state index is 13.7. The molecule has 3 rings (SSSR count). The predicted octanol–water partition coefficient (Wildman–Crippen LogP) is 3.98. The number of hydrogen-bond donors (Lipinski definition) is 2. The van der Waals surface area contributed by atoms with Crippen molar-refractivity contribution in [3.05, 3.63) is 48.2 Å². The highest BCUT2D eigenvalue weighted by Crippen LogP contribution is 2.25. The summed E-state index contributed by atoms with van der Waals surface area (Å²) in [6, 6.07) is 6.27. The summed E-state index contributed by atoms with van der Waals surface area (Å²) in [6.45, 7) is -0.962. The zero-order chi connectivity index (χ0) is 19.2. The molecule has 2 amide bonds. The largest absolute Gasteiger partial charge is 0.468 e. The quantitative estimate of drug-likeness (QED) is 0.759. The van der Waals surface area contributed by atoms with Crippen LogP contribution >= 0.6 is 0 Å². The van der Waals surface area contributed by atoms with Crippen LogP contribution in [0.1, 0.15) is 24.6 Å². The number of alkyl halides is 2. The van der Waals surface area contributed by atoms with Crippen LogP contribution in [0.5, 0.6) is 5.75 Å². The second kappa shape index (κ2) is 8.81. The summed E-state index contributed by atoms with van der Waals surface area (Å²) in [5.41, 5.74) is 0.127. The number of anilines is 1. The minimum Gasteiger partial charge on any atom is -0.468 e. The molecular weight excluding hydrogens is 363 g/mol. The van der Waals surface area contributed by atoms with Gasteiger partial charge in [-0.3, -0.25) is 4.90 Å². The number of carbonyl (C=O) groups is 1. The molecule has 1 aromatic heterocycles. The molecule has 1 fully saturated rings. The molecule has 1 unspecified atom stereocenters. The third-order valence-corrected chi connectivity index (χ3v) is 4.31. The van der Waals surface area contributed by atoms with E-state index >= 15 is 0 Å². The van der Waals surface area contributed by atoms with Crippen molar-refractivity contribution >= 4 is 11.7 Å². The molecule has 1 aromatic carbocycles. The third-order valence-electron chi connectivity index (χ3n) is 4.31. The number of nitrogens with one attached hydrogen (secondary N) is 2. The number of benzene rings is 1. The van der Waals surface area contributed by atoms with E-state index in [9.17, 15) is 18.0 Å². The van der Waals surface area contributed by atoms with Gasteiger partial charge in [0, 0.05) is 18.3 Å². The molecule has 2 aromatic rings. The number of halogens is 3. The lowest BCUT2D eigenvalue weighted by atomic mass is 10.2. The van der Waals surface area contributed by atoms with Gasteiger partial charge in [0.05, 0.1) is 12.3 Å². The lowest BCUT2D eigenvalue weighted by Gasteiger charge is -2.26. The van der Waals surface area contributed by atoms with Crippen molar-refractivity contribution in [1.82, 2.24) is 10.2 Å². The molecule has 0 aliphatic carbocycles. The van der Waals surface area contributed by atoms with Crippen molar-refractivity contribution in [2.45, 2.75) is 25.5 Å². The smallest absolute Gasteiger partial charge is 0.387 e. The minimum atomic E-state index is -3.12. The third kappa shape index (κ3) is 5.16. The van der Waals surface area contributed by atoms with Gasteiger partial charge in [-0.1, -0.05) is 0 Å². The molecular formula is C18H20F3N3O3. The zero-order valence-electron chi connectivity index (χ0n) is 14.5. The number of ether oxygens (including phenoxy) is 1. The fraction of sp³-hybridized carbons (Fsp3) is 0.389. The Balaban J connectivity index is 1.57. The van der Waals surface area contributed by atoms with E-state index in [1.807, 2.05) is 6.07 Å². The van der Waals surface area contributed by atoms with Gasteiger partial charge in [0.25, 0.3) is 0 Å². The summed E-state index contributed by atoms with van der Waals surface area (Å²) < 4.78 is 47.5. The van der Waals surface area contributed by atoms with E-state index in [2.05, 4.69) is 20.3 Å². The SMILES string of the molecule is O=C(NCC(c1ccco1)N1CCCC1)Nc1ccc(OC(F)F)c(F)c1. The second-order valence-corrected chi connectivity index (χ2v) is 6.13. The Bertz CT molecular complexity index is 750. The average Bonchev–Trinajstić information content (AvgIpc) is 3.31. The van der Waals surface area contributed by atoms with Crippen LogP contribution in [0, 0.1) is 5.82 Å². The van der Waals surface area contributed by atoms with Crippen molar-refractivity contribution in [3.63, 3.8) is 0 Å². The Morgan fingerprint density at radius 3 is 2.67 bits per heavy atom. The van der Waals surface area contributed by atoms with Crippen LogP contribution in [0.3, 0.4) is 0 Å². The van der Waals surface area contributed by atoms with Crippen LogP contribution < -0.4 is 15.4 Å². The molecule has 1 aliphatic heterocycles. The Labute approximate surface area is 154 Å². The molecule has 0 saturated carbocycles. The van der Waals surface area contributed by atoms with E-state index in [0.717, 1.165) is 43.8 Å². The Hall–Kier alpha value is -2.68. The normalized spacial score (nSPS) is 15.7. The molecule has 0 radical (unpaired) electrons. The summed E-state index contributed by atoms with van der Waals surface area (Å²) in [5, 5.41) is 5.21. The van der Waals surface area contributed by atoms with Gasteiger partial charge in [-0.25, -0.2) is 9.18 Å². The first-order valence-corrected chi connectivity index (χ1v) is 8.59. The highest BCUT2D eigenvalue weighted by Gasteiger charge is 2.26. The number of rotatable bonds is 7. The molecule has 2 heterocycles. The van der Waals surface area contributed by atoms with Gasteiger partial charge in [0.15, 0.2) is 11.6 Å². The monoisotopic (exact) mass is 383 g/mol. The zero-order valence-corrected chi connectivity index (χ0v) is 14.5. The van der Waals surface area contributed by atoms with E-state index < -0.39 is 24.2 Å².